The Hall–Kier alpha value is -1.32. The molecule has 0 amide bonds. The molecule has 2 nitrogen and oxygen atoms in total. The van der Waals surface area contributed by atoms with Gasteiger partial charge in [-0.15, -0.1) is 11.3 Å². The lowest BCUT2D eigenvalue weighted by molar-refractivity contribution is 0.335. The predicted molar refractivity (Wildman–Crippen MR) is 77.6 cm³/mol. The first kappa shape index (κ1) is 13.1. The van der Waals surface area contributed by atoms with E-state index in [4.69, 9.17) is 10.5 Å². The van der Waals surface area contributed by atoms with Crippen LogP contribution in [0.15, 0.2) is 35.7 Å². The molecule has 0 radical (unpaired) electrons. The Morgan fingerprint density at radius 1 is 1.33 bits per heavy atom. The first-order valence-corrected chi connectivity index (χ1v) is 7.11. The second-order valence-electron chi connectivity index (χ2n) is 4.28. The number of rotatable bonds is 5. The summed E-state index contributed by atoms with van der Waals surface area (Å²) in [6, 6.07) is 10.5. The number of hydrogen-bond donors (Lipinski definition) is 1. The summed E-state index contributed by atoms with van der Waals surface area (Å²) < 4.78 is 5.72. The van der Waals surface area contributed by atoms with Crippen molar-refractivity contribution < 1.29 is 4.74 Å². The number of ether oxygens (including phenoxy) is 1. The average Bonchev–Trinajstić information content (AvgIpc) is 2.87. The van der Waals surface area contributed by atoms with Crippen LogP contribution >= 0.6 is 11.3 Å². The third-order valence-corrected chi connectivity index (χ3v) is 3.95. The van der Waals surface area contributed by atoms with Crippen LogP contribution in [0.1, 0.15) is 28.8 Å². The van der Waals surface area contributed by atoms with E-state index >= 15 is 0 Å². The third kappa shape index (κ3) is 2.74. The van der Waals surface area contributed by atoms with Gasteiger partial charge in [-0.05, 0) is 31.4 Å². The van der Waals surface area contributed by atoms with Gasteiger partial charge in [-0.25, -0.2) is 0 Å². The Balaban J connectivity index is 2.43. The van der Waals surface area contributed by atoms with Gasteiger partial charge in [0.2, 0.25) is 0 Å². The number of hydrogen-bond acceptors (Lipinski definition) is 3. The van der Waals surface area contributed by atoms with E-state index in [0.29, 0.717) is 13.2 Å². The summed E-state index contributed by atoms with van der Waals surface area (Å²) in [5.41, 5.74) is 8.40. The van der Waals surface area contributed by atoms with Gasteiger partial charge in [0.25, 0.3) is 0 Å². The Morgan fingerprint density at radius 3 is 2.78 bits per heavy atom. The van der Waals surface area contributed by atoms with E-state index in [1.807, 2.05) is 13.0 Å². The van der Waals surface area contributed by atoms with E-state index in [9.17, 15) is 0 Å². The number of benzene rings is 1. The SMILES string of the molecule is CCOc1ccc(C)cc1C(CN)c1cccs1. The fourth-order valence-corrected chi connectivity index (χ4v) is 2.97. The maximum Gasteiger partial charge on any atom is 0.123 e. The van der Waals surface area contributed by atoms with Gasteiger partial charge in [-0.3, -0.25) is 0 Å². The van der Waals surface area contributed by atoms with E-state index in [2.05, 4.69) is 36.6 Å². The first-order chi connectivity index (χ1) is 8.76. The fraction of sp³-hybridized carbons (Fsp3) is 0.333. The van der Waals surface area contributed by atoms with E-state index < -0.39 is 0 Å². The third-order valence-electron chi connectivity index (χ3n) is 2.96. The van der Waals surface area contributed by atoms with E-state index in [1.54, 1.807) is 11.3 Å². The summed E-state index contributed by atoms with van der Waals surface area (Å²) in [4.78, 5) is 1.30. The zero-order valence-corrected chi connectivity index (χ0v) is 11.7. The Morgan fingerprint density at radius 2 is 2.17 bits per heavy atom. The average molecular weight is 261 g/mol. The van der Waals surface area contributed by atoms with Crippen molar-refractivity contribution in [1.82, 2.24) is 0 Å². The van der Waals surface area contributed by atoms with Crippen LogP contribution in [0.3, 0.4) is 0 Å². The normalized spacial score (nSPS) is 12.4. The second kappa shape index (κ2) is 6.03. The van der Waals surface area contributed by atoms with Gasteiger partial charge in [-0.2, -0.15) is 0 Å². The minimum absolute atomic E-state index is 0.228. The molecule has 0 bridgehead atoms. The molecule has 0 spiro atoms. The van der Waals surface area contributed by atoms with E-state index in [0.717, 1.165) is 5.75 Å². The molecule has 0 aliphatic heterocycles. The lowest BCUT2D eigenvalue weighted by Crippen LogP contribution is -2.14. The van der Waals surface area contributed by atoms with Gasteiger partial charge in [-0.1, -0.05) is 23.8 Å². The summed E-state index contributed by atoms with van der Waals surface area (Å²) >= 11 is 1.75. The van der Waals surface area contributed by atoms with Crippen molar-refractivity contribution in [2.45, 2.75) is 19.8 Å². The van der Waals surface area contributed by atoms with Gasteiger partial charge in [0.15, 0.2) is 0 Å². The molecule has 96 valence electrons. The number of aryl methyl sites for hydroxylation is 1. The topological polar surface area (TPSA) is 35.2 Å². The van der Waals surface area contributed by atoms with Gasteiger partial charge in [0, 0.05) is 22.9 Å². The van der Waals surface area contributed by atoms with Gasteiger partial charge in [0.1, 0.15) is 5.75 Å². The Labute approximate surface area is 112 Å². The zero-order valence-electron chi connectivity index (χ0n) is 10.8. The van der Waals surface area contributed by atoms with Crippen LogP contribution in [0, 0.1) is 6.92 Å². The molecule has 1 heterocycles. The van der Waals surface area contributed by atoms with Crippen LogP contribution in [-0.4, -0.2) is 13.2 Å². The van der Waals surface area contributed by atoms with Crippen LogP contribution in [0.4, 0.5) is 0 Å². The van der Waals surface area contributed by atoms with Crippen molar-refractivity contribution in [2.24, 2.45) is 5.73 Å². The highest BCUT2D eigenvalue weighted by Crippen LogP contribution is 2.34. The molecular weight excluding hydrogens is 242 g/mol. The molecule has 1 atom stereocenters. The first-order valence-electron chi connectivity index (χ1n) is 6.23. The molecule has 18 heavy (non-hydrogen) atoms. The summed E-state index contributed by atoms with van der Waals surface area (Å²) in [6.45, 7) is 5.38. The van der Waals surface area contributed by atoms with Crippen molar-refractivity contribution in [1.29, 1.82) is 0 Å². The van der Waals surface area contributed by atoms with Crippen LogP contribution in [0.5, 0.6) is 5.75 Å². The standard InChI is InChI=1S/C15H19NOS/c1-3-17-14-7-6-11(2)9-12(14)13(10-16)15-5-4-8-18-15/h4-9,13H,3,10,16H2,1-2H3. The quantitative estimate of drug-likeness (QED) is 0.893. The summed E-state index contributed by atoms with van der Waals surface area (Å²) in [7, 11) is 0. The highest BCUT2D eigenvalue weighted by Gasteiger charge is 2.18. The molecule has 1 aromatic carbocycles. The molecule has 2 aromatic rings. The molecule has 0 fully saturated rings. The summed E-state index contributed by atoms with van der Waals surface area (Å²) in [5.74, 6) is 1.18. The lowest BCUT2D eigenvalue weighted by Gasteiger charge is -2.18. The molecule has 0 saturated carbocycles. The minimum Gasteiger partial charge on any atom is -0.494 e. The van der Waals surface area contributed by atoms with Crippen LogP contribution in [0.25, 0.3) is 0 Å². The maximum absolute atomic E-state index is 5.96. The summed E-state index contributed by atoms with van der Waals surface area (Å²) in [6.07, 6.45) is 0. The Kier molecular flexibility index (Phi) is 4.39. The molecule has 0 aliphatic carbocycles. The van der Waals surface area contributed by atoms with Crippen molar-refractivity contribution in [2.75, 3.05) is 13.2 Å². The second-order valence-corrected chi connectivity index (χ2v) is 5.26. The monoisotopic (exact) mass is 261 g/mol. The van der Waals surface area contributed by atoms with Gasteiger partial charge < -0.3 is 10.5 Å². The van der Waals surface area contributed by atoms with Gasteiger partial charge in [0.05, 0.1) is 6.61 Å². The Bertz CT molecular complexity index is 493. The van der Waals surface area contributed by atoms with Gasteiger partial charge >= 0.3 is 0 Å². The molecule has 1 aromatic heterocycles. The molecule has 2 N–H and O–H groups in total. The largest absolute Gasteiger partial charge is 0.494 e. The maximum atomic E-state index is 5.96. The molecular formula is C15H19NOS. The summed E-state index contributed by atoms with van der Waals surface area (Å²) in [5, 5.41) is 2.09. The smallest absolute Gasteiger partial charge is 0.123 e. The highest BCUT2D eigenvalue weighted by atomic mass is 32.1. The highest BCUT2D eigenvalue weighted by molar-refractivity contribution is 7.10. The van der Waals surface area contributed by atoms with E-state index in [-0.39, 0.29) is 5.92 Å². The van der Waals surface area contributed by atoms with Crippen LogP contribution in [0.2, 0.25) is 0 Å². The van der Waals surface area contributed by atoms with Crippen molar-refractivity contribution in [3.05, 3.63) is 51.7 Å². The van der Waals surface area contributed by atoms with Crippen molar-refractivity contribution >= 4 is 11.3 Å². The zero-order chi connectivity index (χ0) is 13.0. The lowest BCUT2D eigenvalue weighted by atomic mass is 9.95. The molecule has 3 heteroatoms. The molecule has 1 unspecified atom stereocenters. The molecule has 0 aliphatic rings. The van der Waals surface area contributed by atoms with Crippen molar-refractivity contribution in [3.63, 3.8) is 0 Å². The van der Waals surface area contributed by atoms with Crippen LogP contribution < -0.4 is 10.5 Å². The number of thiophene rings is 1. The minimum atomic E-state index is 0.228. The molecule has 0 saturated heterocycles. The fourth-order valence-electron chi connectivity index (χ4n) is 2.11. The molecule has 2 rings (SSSR count). The van der Waals surface area contributed by atoms with Crippen molar-refractivity contribution in [3.8, 4) is 5.75 Å². The van der Waals surface area contributed by atoms with E-state index in [1.165, 1.54) is 16.0 Å². The van der Waals surface area contributed by atoms with Crippen LogP contribution in [-0.2, 0) is 0 Å². The number of nitrogens with two attached hydrogens (primary N) is 1. The predicted octanol–water partition coefficient (Wildman–Crippen LogP) is 3.55.